The van der Waals surface area contributed by atoms with Gasteiger partial charge in [0, 0.05) is 18.2 Å². The van der Waals surface area contributed by atoms with Gasteiger partial charge in [-0.25, -0.2) is 0 Å². The Labute approximate surface area is 108 Å². The first kappa shape index (κ1) is 11.7. The number of para-hydroxylation sites is 1. The van der Waals surface area contributed by atoms with Crippen LogP contribution < -0.4 is 10.6 Å². The van der Waals surface area contributed by atoms with E-state index in [4.69, 9.17) is 0 Å². The van der Waals surface area contributed by atoms with Crippen molar-refractivity contribution in [2.75, 3.05) is 12.4 Å². The summed E-state index contributed by atoms with van der Waals surface area (Å²) in [6, 6.07) is 8.02. The first-order valence-corrected chi connectivity index (χ1v) is 6.81. The van der Waals surface area contributed by atoms with Crippen molar-refractivity contribution in [1.82, 2.24) is 5.32 Å². The van der Waals surface area contributed by atoms with Crippen LogP contribution in [0.5, 0.6) is 0 Å². The lowest BCUT2D eigenvalue weighted by molar-refractivity contribution is -0.120. The minimum absolute atomic E-state index is 0.214. The van der Waals surface area contributed by atoms with Gasteiger partial charge in [-0.15, -0.1) is 0 Å². The van der Waals surface area contributed by atoms with Gasteiger partial charge >= 0.3 is 0 Å². The second-order valence-electron chi connectivity index (χ2n) is 5.60. The lowest BCUT2D eigenvalue weighted by atomic mass is 10.0. The molecule has 1 aromatic carbocycles. The normalized spacial score (nSPS) is 28.8. The van der Waals surface area contributed by atoms with E-state index < -0.39 is 0 Å². The molecule has 18 heavy (non-hydrogen) atoms. The molecule has 0 bridgehead atoms. The van der Waals surface area contributed by atoms with Crippen molar-refractivity contribution in [3.63, 3.8) is 0 Å². The monoisotopic (exact) mass is 244 g/mol. The Hall–Kier alpha value is -1.35. The van der Waals surface area contributed by atoms with E-state index in [0.29, 0.717) is 0 Å². The minimum atomic E-state index is 0.214. The number of hydrogen-bond acceptors (Lipinski definition) is 2. The van der Waals surface area contributed by atoms with E-state index in [1.54, 1.807) is 0 Å². The van der Waals surface area contributed by atoms with Gasteiger partial charge in [0.1, 0.15) is 0 Å². The molecule has 2 unspecified atom stereocenters. The molecule has 2 saturated carbocycles. The predicted molar refractivity (Wildman–Crippen MR) is 72.2 cm³/mol. The third kappa shape index (κ3) is 2.27. The van der Waals surface area contributed by atoms with Crippen molar-refractivity contribution in [2.24, 2.45) is 17.8 Å². The van der Waals surface area contributed by atoms with Crippen LogP contribution in [0.2, 0.25) is 0 Å². The Kier molecular flexibility index (Phi) is 3.08. The summed E-state index contributed by atoms with van der Waals surface area (Å²) in [5.74, 6) is 2.17. The van der Waals surface area contributed by atoms with Crippen LogP contribution in [0, 0.1) is 17.8 Å². The maximum atomic E-state index is 12.2. The highest BCUT2D eigenvalue weighted by atomic mass is 16.1. The molecule has 1 amide bonds. The van der Waals surface area contributed by atoms with Gasteiger partial charge in [-0.3, -0.25) is 4.79 Å². The van der Waals surface area contributed by atoms with Crippen molar-refractivity contribution in [3.05, 3.63) is 29.8 Å². The molecule has 0 spiro atoms. The molecule has 0 aliphatic heterocycles. The maximum Gasteiger partial charge on any atom is 0.227 e. The Bertz CT molecular complexity index is 448. The van der Waals surface area contributed by atoms with Crippen LogP contribution in [0.15, 0.2) is 24.3 Å². The van der Waals surface area contributed by atoms with Gasteiger partial charge in [0.25, 0.3) is 0 Å². The van der Waals surface area contributed by atoms with Gasteiger partial charge < -0.3 is 10.6 Å². The fraction of sp³-hybridized carbons (Fsp3) is 0.533. The molecule has 96 valence electrons. The van der Waals surface area contributed by atoms with Gasteiger partial charge in [0.2, 0.25) is 5.91 Å². The van der Waals surface area contributed by atoms with Gasteiger partial charge in [-0.1, -0.05) is 18.2 Å². The summed E-state index contributed by atoms with van der Waals surface area (Å²) in [6.07, 6.45) is 3.56. The molecule has 2 fully saturated rings. The molecule has 2 aliphatic carbocycles. The summed E-state index contributed by atoms with van der Waals surface area (Å²) in [6.45, 7) is 0.784. The van der Waals surface area contributed by atoms with Crippen LogP contribution in [0.3, 0.4) is 0 Å². The summed E-state index contributed by atoms with van der Waals surface area (Å²) in [5, 5.41) is 6.23. The zero-order valence-corrected chi connectivity index (χ0v) is 10.8. The van der Waals surface area contributed by atoms with Crippen molar-refractivity contribution in [1.29, 1.82) is 0 Å². The van der Waals surface area contributed by atoms with Crippen molar-refractivity contribution >= 4 is 11.6 Å². The molecule has 2 atom stereocenters. The van der Waals surface area contributed by atoms with Crippen molar-refractivity contribution in [2.45, 2.75) is 25.8 Å². The van der Waals surface area contributed by atoms with Crippen molar-refractivity contribution in [3.8, 4) is 0 Å². The molecule has 0 aromatic heterocycles. The van der Waals surface area contributed by atoms with Gasteiger partial charge in [-0.2, -0.15) is 0 Å². The first-order valence-electron chi connectivity index (χ1n) is 6.81. The third-order valence-electron chi connectivity index (χ3n) is 4.26. The topological polar surface area (TPSA) is 41.1 Å². The smallest absolute Gasteiger partial charge is 0.227 e. The fourth-order valence-corrected chi connectivity index (χ4v) is 3.15. The molecule has 2 aliphatic rings. The van der Waals surface area contributed by atoms with Crippen LogP contribution in [0.25, 0.3) is 0 Å². The SMILES string of the molecule is CNCc1ccccc1NC(=O)C1CC2CC2C1. The van der Waals surface area contributed by atoms with Crippen LogP contribution in [-0.2, 0) is 11.3 Å². The number of carbonyl (C=O) groups is 1. The van der Waals surface area contributed by atoms with E-state index >= 15 is 0 Å². The molecular formula is C15H20N2O. The summed E-state index contributed by atoms with van der Waals surface area (Å²) >= 11 is 0. The van der Waals surface area contributed by atoms with E-state index in [1.807, 2.05) is 25.2 Å². The highest BCUT2D eigenvalue weighted by Crippen LogP contribution is 2.54. The number of fused-ring (bicyclic) bond motifs is 1. The Morgan fingerprint density at radius 2 is 1.94 bits per heavy atom. The highest BCUT2D eigenvalue weighted by molar-refractivity contribution is 5.93. The maximum absolute atomic E-state index is 12.2. The predicted octanol–water partition coefficient (Wildman–Crippen LogP) is 2.39. The molecule has 0 heterocycles. The van der Waals surface area contributed by atoms with E-state index in [-0.39, 0.29) is 11.8 Å². The largest absolute Gasteiger partial charge is 0.326 e. The molecule has 3 rings (SSSR count). The second-order valence-corrected chi connectivity index (χ2v) is 5.60. The second kappa shape index (κ2) is 4.73. The number of rotatable bonds is 4. The van der Waals surface area contributed by atoms with Gasteiger partial charge in [-0.05, 0) is 49.8 Å². The van der Waals surface area contributed by atoms with Crippen molar-refractivity contribution < 1.29 is 4.79 Å². The zero-order valence-electron chi connectivity index (χ0n) is 10.8. The molecule has 0 radical (unpaired) electrons. The van der Waals surface area contributed by atoms with Gasteiger partial charge in [0.05, 0.1) is 0 Å². The van der Waals surface area contributed by atoms with Crippen LogP contribution in [0.4, 0.5) is 5.69 Å². The number of anilines is 1. The molecule has 1 aromatic rings. The number of benzene rings is 1. The number of nitrogens with one attached hydrogen (secondary N) is 2. The fourth-order valence-electron chi connectivity index (χ4n) is 3.15. The molecule has 3 heteroatoms. The third-order valence-corrected chi connectivity index (χ3v) is 4.26. The summed E-state index contributed by atoms with van der Waals surface area (Å²) < 4.78 is 0. The number of hydrogen-bond donors (Lipinski definition) is 2. The average molecular weight is 244 g/mol. The summed E-state index contributed by atoms with van der Waals surface area (Å²) in [5.41, 5.74) is 2.11. The van der Waals surface area contributed by atoms with Crippen LogP contribution >= 0.6 is 0 Å². The first-order chi connectivity index (χ1) is 8.78. The van der Waals surface area contributed by atoms with E-state index in [2.05, 4.69) is 16.7 Å². The Morgan fingerprint density at radius 3 is 2.67 bits per heavy atom. The lowest BCUT2D eigenvalue weighted by Gasteiger charge is -2.15. The number of carbonyl (C=O) groups excluding carboxylic acids is 1. The molecule has 3 nitrogen and oxygen atoms in total. The van der Waals surface area contributed by atoms with E-state index in [0.717, 1.165) is 42.5 Å². The summed E-state index contributed by atoms with van der Waals surface area (Å²) in [7, 11) is 1.92. The Balaban J connectivity index is 1.66. The van der Waals surface area contributed by atoms with Crippen LogP contribution in [0.1, 0.15) is 24.8 Å². The highest BCUT2D eigenvalue weighted by Gasteiger charge is 2.47. The zero-order chi connectivity index (χ0) is 12.5. The van der Waals surface area contributed by atoms with E-state index in [1.165, 1.54) is 6.42 Å². The molecule has 0 saturated heterocycles. The lowest BCUT2D eigenvalue weighted by Crippen LogP contribution is -2.22. The van der Waals surface area contributed by atoms with E-state index in [9.17, 15) is 4.79 Å². The molecular weight excluding hydrogens is 224 g/mol. The van der Waals surface area contributed by atoms with Crippen LogP contribution in [-0.4, -0.2) is 13.0 Å². The standard InChI is InChI=1S/C15H20N2O/c1-16-9-10-4-2-3-5-14(10)17-15(18)13-7-11-6-12(11)8-13/h2-5,11-13,16H,6-9H2,1H3,(H,17,18). The quantitative estimate of drug-likeness (QED) is 0.854. The Morgan fingerprint density at radius 1 is 1.22 bits per heavy atom. The van der Waals surface area contributed by atoms with Gasteiger partial charge in [0.15, 0.2) is 0 Å². The average Bonchev–Trinajstić information content (AvgIpc) is 2.99. The summed E-state index contributed by atoms with van der Waals surface area (Å²) in [4.78, 5) is 12.2. The number of amides is 1. The molecule has 2 N–H and O–H groups in total. The minimum Gasteiger partial charge on any atom is -0.326 e.